The Morgan fingerprint density at radius 3 is 1.88 bits per heavy atom. The molecule has 2 aliphatic rings. The van der Waals surface area contributed by atoms with E-state index in [0.29, 0.717) is 5.11 Å². The average molecular weight is 518 g/mol. The molecule has 5 nitrogen and oxygen atoms in total. The van der Waals surface area contributed by atoms with E-state index in [1.165, 1.54) is 6.92 Å². The zero-order chi connectivity index (χ0) is 23.2. The van der Waals surface area contributed by atoms with Crippen molar-refractivity contribution in [2.24, 2.45) is 4.99 Å². The number of rotatable bonds is 3. The second-order valence-electron chi connectivity index (χ2n) is 7.44. The van der Waals surface area contributed by atoms with Gasteiger partial charge in [0.1, 0.15) is 0 Å². The predicted octanol–water partition coefficient (Wildman–Crippen LogP) is 6.20. The number of hydrogen-bond donors (Lipinski definition) is 0. The quantitative estimate of drug-likeness (QED) is 0.306. The van der Waals surface area contributed by atoms with Crippen LogP contribution in [0, 0.1) is 0 Å². The highest BCUT2D eigenvalue weighted by Crippen LogP contribution is 2.52. The molecule has 1 unspecified atom stereocenters. The van der Waals surface area contributed by atoms with Crippen LogP contribution in [0.25, 0.3) is 0 Å². The molecule has 0 bridgehead atoms. The summed E-state index contributed by atoms with van der Waals surface area (Å²) in [5.74, 6) is 0.520. The molecule has 5 rings (SSSR count). The third-order valence-corrected chi connectivity index (χ3v) is 8.01. The first kappa shape index (κ1) is 22.3. The van der Waals surface area contributed by atoms with Gasteiger partial charge in [-0.05, 0) is 24.3 Å². The number of carbonyl (C=O) groups excluding carboxylic acids is 1. The van der Waals surface area contributed by atoms with Crippen LogP contribution >= 0.6 is 45.7 Å². The number of hydrogen-bond acceptors (Lipinski definition) is 4. The Bertz CT molecular complexity index is 1250. The van der Waals surface area contributed by atoms with Crippen LogP contribution in [-0.2, 0) is 4.79 Å². The van der Waals surface area contributed by atoms with Crippen LogP contribution in [0.3, 0.4) is 0 Å². The van der Waals surface area contributed by atoms with Crippen molar-refractivity contribution in [2.45, 2.75) is 16.9 Å². The van der Waals surface area contributed by atoms with Crippen LogP contribution in [0.1, 0.15) is 12.5 Å². The number of nitrogens with zero attached hydrogens (tertiary/aromatic N) is 4. The lowest BCUT2D eigenvalue weighted by molar-refractivity contribution is -0.125. The summed E-state index contributed by atoms with van der Waals surface area (Å²) in [5.41, 5.74) is 2.61. The van der Waals surface area contributed by atoms with Crippen molar-refractivity contribution in [1.29, 1.82) is 0 Å². The number of carbonyl (C=O) groups is 1. The maximum Gasteiger partial charge on any atom is 0.232 e. The molecule has 1 amide bonds. The predicted molar refractivity (Wildman–Crippen MR) is 140 cm³/mol. The van der Waals surface area contributed by atoms with Gasteiger partial charge in [-0.25, -0.2) is 9.30 Å². The van der Waals surface area contributed by atoms with Gasteiger partial charge < -0.3 is 0 Å². The number of amides is 1. The molecule has 0 fully saturated rings. The van der Waals surface area contributed by atoms with E-state index in [1.54, 1.807) is 4.31 Å². The van der Waals surface area contributed by atoms with E-state index in [4.69, 9.17) is 39.8 Å². The fourth-order valence-electron chi connectivity index (χ4n) is 3.93. The topological polar surface area (TPSA) is 39.2 Å². The van der Waals surface area contributed by atoms with Crippen molar-refractivity contribution < 1.29 is 4.79 Å². The van der Waals surface area contributed by atoms with Crippen LogP contribution in [0.4, 0.5) is 11.4 Å². The molecule has 0 saturated carbocycles. The Morgan fingerprint density at radius 2 is 1.36 bits per heavy atom. The molecular formula is C24H19Cl3N4OS. The molecule has 0 saturated heterocycles. The third kappa shape index (κ3) is 3.91. The van der Waals surface area contributed by atoms with Crippen molar-refractivity contribution in [1.82, 2.24) is 4.31 Å². The van der Waals surface area contributed by atoms with E-state index in [2.05, 4.69) is 4.31 Å². The highest BCUT2D eigenvalue weighted by Gasteiger charge is 2.55. The summed E-state index contributed by atoms with van der Waals surface area (Å²) >= 11 is 19.5. The first-order valence-electron chi connectivity index (χ1n) is 10.2. The molecule has 33 heavy (non-hydrogen) atoms. The summed E-state index contributed by atoms with van der Waals surface area (Å²) in [6, 6.07) is 29.3. The van der Waals surface area contributed by atoms with Crippen molar-refractivity contribution in [3.05, 3.63) is 96.6 Å². The molecule has 0 aromatic heterocycles. The van der Waals surface area contributed by atoms with Crippen molar-refractivity contribution in [3.63, 3.8) is 0 Å². The number of amidine groups is 1. The molecule has 9 heteroatoms. The van der Waals surface area contributed by atoms with Gasteiger partial charge in [-0.3, -0.25) is 14.0 Å². The number of para-hydroxylation sites is 2. The molecule has 3 aromatic carbocycles. The number of alkyl halides is 3. The van der Waals surface area contributed by atoms with Gasteiger partial charge in [-0.2, -0.15) is 0 Å². The molecule has 3 aromatic rings. The van der Waals surface area contributed by atoms with Crippen LogP contribution in [0.2, 0.25) is 0 Å². The minimum atomic E-state index is -1.78. The van der Waals surface area contributed by atoms with Crippen LogP contribution in [-0.4, -0.2) is 31.1 Å². The first-order valence-corrected chi connectivity index (χ1v) is 12.5. The maximum atomic E-state index is 13.1. The fourth-order valence-corrected chi connectivity index (χ4v) is 7.07. The highest BCUT2D eigenvalue weighted by atomic mass is 35.6. The van der Waals surface area contributed by atoms with Gasteiger partial charge in [-0.15, -0.1) is 0 Å². The van der Waals surface area contributed by atoms with Crippen molar-refractivity contribution >= 4 is 73.9 Å². The lowest BCUT2D eigenvalue weighted by Crippen LogP contribution is -2.53. The van der Waals surface area contributed by atoms with Gasteiger partial charge in [0.15, 0.2) is 12.0 Å². The molecular weight excluding hydrogens is 499 g/mol. The van der Waals surface area contributed by atoms with Gasteiger partial charge in [-0.1, -0.05) is 102 Å². The summed E-state index contributed by atoms with van der Waals surface area (Å²) in [6.07, 6.45) is -0.868. The number of benzene rings is 3. The Morgan fingerprint density at radius 1 is 0.848 bits per heavy atom. The van der Waals surface area contributed by atoms with Gasteiger partial charge in [0.05, 0.1) is 16.5 Å². The average Bonchev–Trinajstić information content (AvgIpc) is 3.35. The van der Waals surface area contributed by atoms with E-state index in [1.807, 2.05) is 95.9 Å². The van der Waals surface area contributed by atoms with Crippen molar-refractivity contribution in [3.8, 4) is 0 Å². The van der Waals surface area contributed by atoms with E-state index < -0.39 is 20.8 Å². The van der Waals surface area contributed by atoms with Crippen LogP contribution < -0.4 is 9.21 Å². The van der Waals surface area contributed by atoms with E-state index >= 15 is 0 Å². The fraction of sp³-hybridized carbons (Fsp3) is 0.125. The van der Waals surface area contributed by atoms with Crippen molar-refractivity contribution in [2.75, 3.05) is 9.21 Å². The lowest BCUT2D eigenvalue weighted by Gasteiger charge is -2.38. The molecule has 0 N–H and O–H groups in total. The van der Waals surface area contributed by atoms with E-state index in [0.717, 1.165) is 22.8 Å². The van der Waals surface area contributed by atoms with Crippen LogP contribution in [0.15, 0.2) is 96.0 Å². The number of anilines is 2. The largest absolute Gasteiger partial charge is 0.292 e. The van der Waals surface area contributed by atoms with E-state index in [-0.39, 0.29) is 5.91 Å². The number of aliphatic imine (C=N–C) groups is 1. The molecule has 168 valence electrons. The number of halogens is 3. The zero-order valence-electron chi connectivity index (χ0n) is 17.5. The van der Waals surface area contributed by atoms with Gasteiger partial charge in [0, 0.05) is 18.2 Å². The molecule has 0 aliphatic carbocycles. The summed E-state index contributed by atoms with van der Waals surface area (Å²) in [6.45, 7) is 1.49. The Labute approximate surface area is 210 Å². The second-order valence-corrected chi connectivity index (χ2v) is 11.5. The summed E-state index contributed by atoms with van der Waals surface area (Å²) < 4.78 is 1.90. The molecule has 2 atom stereocenters. The summed E-state index contributed by atoms with van der Waals surface area (Å²) in [5, 5.41) is 0.649. The second kappa shape index (κ2) is 8.69. The minimum Gasteiger partial charge on any atom is -0.292 e. The maximum absolute atomic E-state index is 13.1. The van der Waals surface area contributed by atoms with Gasteiger partial charge >= 0.3 is 0 Å². The first-order chi connectivity index (χ1) is 15.9. The molecule has 0 spiro atoms. The van der Waals surface area contributed by atoms with Crippen LogP contribution in [0.5, 0.6) is 0 Å². The Kier molecular flexibility index (Phi) is 5.87. The summed E-state index contributed by atoms with van der Waals surface area (Å²) in [4.78, 5) is 20.0. The van der Waals surface area contributed by atoms with E-state index in [9.17, 15) is 4.79 Å². The smallest absolute Gasteiger partial charge is 0.232 e. The molecule has 2 aliphatic heterocycles. The molecule has 2 heterocycles. The normalized spacial score (nSPS) is 20.2. The Hall–Kier alpha value is -2.51. The monoisotopic (exact) mass is 516 g/mol. The highest BCUT2D eigenvalue weighted by molar-refractivity contribution is 8.17. The third-order valence-electron chi connectivity index (χ3n) is 5.25. The lowest BCUT2D eigenvalue weighted by atomic mass is 10.2. The van der Waals surface area contributed by atoms with Gasteiger partial charge in [0.2, 0.25) is 14.8 Å². The Balaban J connectivity index is 1.78. The van der Waals surface area contributed by atoms with Gasteiger partial charge in [0.25, 0.3) is 0 Å². The minimum absolute atomic E-state index is 0.212. The SMILES string of the molecule is CC(=O)N1[C@@H](C(Cl)(Cl)Cl)N(c2ccccc2)C2=S1N(c1ccccc1)C(c1ccccc1)=N2. The molecule has 0 radical (unpaired) electrons. The standard InChI is InChI=1S/C24H19Cl3N4OS/c1-17(32)30-22(24(25,26)27)29(19-13-7-3-8-14-19)23-28-21(18-11-5-2-6-12-18)31(33(23)30)20-15-9-4-10-16-20/h2-16,22H,1H3/t22-,33?/m0/s1. The zero-order valence-corrected chi connectivity index (χ0v) is 20.6. The summed E-state index contributed by atoms with van der Waals surface area (Å²) in [7, 11) is -0.960.